The predicted molar refractivity (Wildman–Crippen MR) is 161 cm³/mol. The van der Waals surface area contributed by atoms with E-state index in [9.17, 15) is 13.2 Å². The number of methoxy groups -OCH3 is 2. The van der Waals surface area contributed by atoms with Crippen LogP contribution in [0.4, 0.5) is 16.3 Å². The first-order chi connectivity index (χ1) is 20.5. The largest absolute Gasteiger partial charge is 0.493 e. The van der Waals surface area contributed by atoms with Crippen molar-refractivity contribution in [3.8, 4) is 23.0 Å². The van der Waals surface area contributed by atoms with Gasteiger partial charge in [-0.2, -0.15) is 8.42 Å². The summed E-state index contributed by atoms with van der Waals surface area (Å²) in [6.07, 6.45) is 1.64. The van der Waals surface area contributed by atoms with Gasteiger partial charge in [0.1, 0.15) is 17.3 Å². The van der Waals surface area contributed by atoms with Gasteiger partial charge in [-0.15, -0.1) is 0 Å². The maximum Gasteiger partial charge on any atom is 0.324 e. The standard InChI is InChI=1S/C22H19ClN4O5.C7H8O3S/c1-12-8-21(27-32-12)26-22(28)25-16-5-4-13(9-15(16)23)31-18-6-7-24-17-11-20(30-3)19(29-2)10-14(17)18;1-6-2-4-7(5-3-6)11(8,9)10/h4-11H,1-3H3,(H2,25,26,27,28);2-5H,1H3,(H,8,9,10). The minimum atomic E-state index is -4.02. The maximum atomic E-state index is 12.2. The lowest BCUT2D eigenvalue weighted by atomic mass is 10.2. The monoisotopic (exact) mass is 626 g/mol. The van der Waals surface area contributed by atoms with Gasteiger partial charge in [0.05, 0.1) is 35.3 Å². The molecule has 5 aromatic rings. The lowest BCUT2D eigenvalue weighted by molar-refractivity contribution is 0.262. The number of carbonyl (C=O) groups is 1. The Morgan fingerprint density at radius 1 is 0.907 bits per heavy atom. The summed E-state index contributed by atoms with van der Waals surface area (Å²) in [5.41, 5.74) is 2.05. The first-order valence-electron chi connectivity index (χ1n) is 12.5. The Bertz CT molecular complexity index is 1860. The zero-order valence-electron chi connectivity index (χ0n) is 23.4. The summed E-state index contributed by atoms with van der Waals surface area (Å²) >= 11 is 6.35. The molecule has 0 aliphatic heterocycles. The molecule has 43 heavy (non-hydrogen) atoms. The quantitative estimate of drug-likeness (QED) is 0.162. The Hall–Kier alpha value is -4.85. The highest BCUT2D eigenvalue weighted by Crippen LogP contribution is 2.38. The summed E-state index contributed by atoms with van der Waals surface area (Å²) < 4.78 is 51.2. The Morgan fingerprint density at radius 2 is 1.60 bits per heavy atom. The highest BCUT2D eigenvalue weighted by atomic mass is 35.5. The molecule has 0 saturated carbocycles. The van der Waals surface area contributed by atoms with Crippen molar-refractivity contribution in [1.29, 1.82) is 0 Å². The van der Waals surface area contributed by atoms with Gasteiger partial charge in [-0.05, 0) is 50.2 Å². The Balaban J connectivity index is 0.000000324. The van der Waals surface area contributed by atoms with Crippen molar-refractivity contribution in [2.24, 2.45) is 0 Å². The number of ether oxygens (including phenoxy) is 3. The van der Waals surface area contributed by atoms with Gasteiger partial charge in [-0.3, -0.25) is 14.9 Å². The van der Waals surface area contributed by atoms with Gasteiger partial charge in [0, 0.05) is 29.8 Å². The van der Waals surface area contributed by atoms with E-state index in [1.54, 1.807) is 81.9 Å². The second kappa shape index (κ2) is 13.4. The van der Waals surface area contributed by atoms with E-state index in [1.165, 1.54) is 12.1 Å². The molecule has 0 aliphatic rings. The average Bonchev–Trinajstić information content (AvgIpc) is 3.38. The summed E-state index contributed by atoms with van der Waals surface area (Å²) in [4.78, 5) is 16.4. The summed E-state index contributed by atoms with van der Waals surface area (Å²) in [5, 5.41) is 9.96. The second-order valence-electron chi connectivity index (χ2n) is 8.97. The van der Waals surface area contributed by atoms with Crippen LogP contribution in [0.2, 0.25) is 5.02 Å². The SMILES string of the molecule is COc1cc2nccc(Oc3ccc(NC(=O)Nc4cc(C)on4)c(Cl)c3)c2cc1OC.Cc1ccc(S(=O)(=O)O)cc1. The number of pyridine rings is 1. The number of hydrogen-bond donors (Lipinski definition) is 3. The number of aryl methyl sites for hydroxylation is 2. The minimum Gasteiger partial charge on any atom is -0.493 e. The van der Waals surface area contributed by atoms with Gasteiger partial charge >= 0.3 is 6.03 Å². The Morgan fingerprint density at radius 3 is 2.21 bits per heavy atom. The number of nitrogens with one attached hydrogen (secondary N) is 2. The van der Waals surface area contributed by atoms with Crippen LogP contribution in [-0.2, 0) is 10.1 Å². The fraction of sp³-hybridized carbons (Fsp3) is 0.138. The van der Waals surface area contributed by atoms with Crippen molar-refractivity contribution in [3.63, 3.8) is 0 Å². The Labute approximate surface area is 252 Å². The van der Waals surface area contributed by atoms with Gasteiger partial charge in [-0.25, -0.2) is 4.79 Å². The van der Waals surface area contributed by atoms with E-state index in [0.29, 0.717) is 50.8 Å². The molecule has 0 unspecified atom stereocenters. The first kappa shape index (κ1) is 31.1. The molecule has 3 aromatic carbocycles. The second-order valence-corrected chi connectivity index (χ2v) is 10.8. The first-order valence-corrected chi connectivity index (χ1v) is 14.3. The van der Waals surface area contributed by atoms with Gasteiger partial charge in [0.2, 0.25) is 0 Å². The van der Waals surface area contributed by atoms with Gasteiger partial charge < -0.3 is 24.1 Å². The van der Waals surface area contributed by atoms with Crippen LogP contribution in [-0.4, -0.2) is 43.4 Å². The number of anilines is 2. The van der Waals surface area contributed by atoms with Gasteiger partial charge in [-0.1, -0.05) is 34.5 Å². The molecule has 0 saturated heterocycles. The van der Waals surface area contributed by atoms with E-state index in [1.807, 2.05) is 6.92 Å². The van der Waals surface area contributed by atoms with Crippen molar-refractivity contribution in [2.75, 3.05) is 24.9 Å². The van der Waals surface area contributed by atoms with E-state index in [0.717, 1.165) is 10.9 Å². The average molecular weight is 627 g/mol. The van der Waals surface area contributed by atoms with E-state index < -0.39 is 16.1 Å². The topological polar surface area (TPSA) is 162 Å². The van der Waals surface area contributed by atoms with E-state index in [2.05, 4.69) is 20.8 Å². The number of urea groups is 1. The molecule has 5 rings (SSSR count). The minimum absolute atomic E-state index is 0.0666. The molecule has 2 heterocycles. The molecular formula is C29H27ClN4O8S. The number of aromatic nitrogens is 2. The molecule has 0 radical (unpaired) electrons. The van der Waals surface area contributed by atoms with Crippen LogP contribution in [0.25, 0.3) is 10.9 Å². The molecular weight excluding hydrogens is 600 g/mol. The number of rotatable bonds is 7. The lowest BCUT2D eigenvalue weighted by Crippen LogP contribution is -2.19. The van der Waals surface area contributed by atoms with Crippen LogP contribution in [0.1, 0.15) is 11.3 Å². The zero-order chi connectivity index (χ0) is 31.1. The van der Waals surface area contributed by atoms with E-state index in [-0.39, 0.29) is 4.90 Å². The predicted octanol–water partition coefficient (Wildman–Crippen LogP) is 6.88. The molecule has 0 spiro atoms. The number of fused-ring (bicyclic) bond motifs is 1. The van der Waals surface area contributed by atoms with E-state index >= 15 is 0 Å². The number of halogens is 1. The van der Waals surface area contributed by atoms with Crippen LogP contribution in [0.15, 0.2) is 82.3 Å². The number of hydrogen-bond acceptors (Lipinski definition) is 9. The molecule has 0 aliphatic carbocycles. The van der Waals surface area contributed by atoms with Crippen molar-refractivity contribution < 1.29 is 36.5 Å². The zero-order valence-corrected chi connectivity index (χ0v) is 25.0. The summed E-state index contributed by atoms with van der Waals surface area (Å²) in [6, 6.07) is 17.3. The number of nitrogens with zero attached hydrogens (tertiary/aromatic N) is 2. The smallest absolute Gasteiger partial charge is 0.324 e. The summed E-state index contributed by atoms with van der Waals surface area (Å²) in [6.45, 7) is 3.57. The summed E-state index contributed by atoms with van der Waals surface area (Å²) in [5.74, 6) is 3.06. The number of carbonyl (C=O) groups excluding carboxylic acids is 1. The third kappa shape index (κ3) is 8.13. The molecule has 3 N–H and O–H groups in total. The molecule has 2 amide bonds. The van der Waals surface area contributed by atoms with Crippen molar-refractivity contribution in [2.45, 2.75) is 18.7 Å². The van der Waals surface area contributed by atoms with Crippen molar-refractivity contribution in [3.05, 3.63) is 89.3 Å². The fourth-order valence-corrected chi connectivity index (χ4v) is 4.43. The molecule has 0 atom stereocenters. The third-order valence-electron chi connectivity index (χ3n) is 5.81. The van der Waals surface area contributed by atoms with Crippen LogP contribution in [0.5, 0.6) is 23.0 Å². The third-order valence-corrected chi connectivity index (χ3v) is 6.99. The molecule has 12 nitrogen and oxygen atoms in total. The highest BCUT2D eigenvalue weighted by molar-refractivity contribution is 7.85. The van der Waals surface area contributed by atoms with E-state index in [4.69, 9.17) is 34.9 Å². The highest BCUT2D eigenvalue weighted by Gasteiger charge is 2.13. The lowest BCUT2D eigenvalue weighted by Gasteiger charge is -2.13. The number of benzene rings is 3. The normalized spacial score (nSPS) is 10.8. The Kier molecular flexibility index (Phi) is 9.70. The maximum absolute atomic E-state index is 12.2. The van der Waals surface area contributed by atoms with Crippen LogP contribution in [0, 0.1) is 13.8 Å². The van der Waals surface area contributed by atoms with Crippen LogP contribution >= 0.6 is 11.6 Å². The van der Waals surface area contributed by atoms with Crippen LogP contribution in [0.3, 0.4) is 0 Å². The van der Waals surface area contributed by atoms with Gasteiger partial charge in [0.25, 0.3) is 10.1 Å². The van der Waals surface area contributed by atoms with Crippen molar-refractivity contribution in [1.82, 2.24) is 10.1 Å². The molecule has 0 bridgehead atoms. The van der Waals surface area contributed by atoms with Crippen LogP contribution < -0.4 is 24.8 Å². The van der Waals surface area contributed by atoms with Crippen molar-refractivity contribution >= 4 is 50.2 Å². The molecule has 14 heteroatoms. The molecule has 224 valence electrons. The summed E-state index contributed by atoms with van der Waals surface area (Å²) in [7, 11) is -0.894. The number of amides is 2. The molecule has 0 fully saturated rings. The molecule has 2 aromatic heterocycles. The fourth-order valence-electron chi connectivity index (χ4n) is 3.73. The van der Waals surface area contributed by atoms with Gasteiger partial charge in [0.15, 0.2) is 17.3 Å².